The molecule has 4 rings (SSSR count). The van der Waals surface area contributed by atoms with Gasteiger partial charge in [0.25, 0.3) is 0 Å². The highest BCUT2D eigenvalue weighted by Gasteiger charge is 2.25. The second kappa shape index (κ2) is 5.59. The molecule has 4 aromatic rings. The Morgan fingerprint density at radius 2 is 0.893 bits per heavy atom. The van der Waals surface area contributed by atoms with Crippen molar-refractivity contribution in [3.05, 3.63) is 42.5 Å². The van der Waals surface area contributed by atoms with Gasteiger partial charge in [0.05, 0.1) is 14.7 Å². The molecular weight excluding hydrogens is 426 g/mol. The van der Waals surface area contributed by atoms with Gasteiger partial charge in [-0.15, -0.1) is 0 Å². The summed E-state index contributed by atoms with van der Waals surface area (Å²) in [6, 6.07) is 9.59. The summed E-state index contributed by atoms with van der Waals surface area (Å²) in [5, 5.41) is 17.5. The lowest BCUT2D eigenvalue weighted by Crippen LogP contribution is -2.17. The van der Waals surface area contributed by atoms with Gasteiger partial charge in [-0.25, -0.2) is 40.7 Å². The Morgan fingerprint density at radius 1 is 0.500 bits per heavy atom. The van der Waals surface area contributed by atoms with E-state index in [-0.39, 0.29) is 26.4 Å². The maximum atomic E-state index is 12.1. The Bertz CT molecular complexity index is 1570. The highest BCUT2D eigenvalue weighted by molar-refractivity contribution is 7.90. The number of hydrogen-bond donors (Lipinski definition) is 3. The van der Waals surface area contributed by atoms with Crippen LogP contribution in [0.15, 0.2) is 57.2 Å². The molecule has 12 heteroatoms. The quantitative estimate of drug-likeness (QED) is 0.391. The van der Waals surface area contributed by atoms with Crippen LogP contribution in [0.5, 0.6) is 0 Å². The van der Waals surface area contributed by atoms with Crippen LogP contribution in [0.3, 0.4) is 0 Å². The largest absolute Gasteiger partial charge is 0.238 e. The molecule has 0 saturated heterocycles. The van der Waals surface area contributed by atoms with E-state index < -0.39 is 39.9 Å². The van der Waals surface area contributed by atoms with E-state index in [1.54, 1.807) is 6.07 Å². The zero-order valence-electron chi connectivity index (χ0n) is 13.9. The maximum absolute atomic E-state index is 12.1. The minimum absolute atomic E-state index is 0.148. The Hall–Kier alpha value is -2.35. The Kier molecular flexibility index (Phi) is 3.79. The fourth-order valence-electron chi connectivity index (χ4n) is 3.53. The van der Waals surface area contributed by atoms with E-state index in [1.165, 1.54) is 30.3 Å². The van der Waals surface area contributed by atoms with Crippen LogP contribution in [0.25, 0.3) is 32.3 Å². The highest BCUT2D eigenvalue weighted by atomic mass is 32.2. The van der Waals surface area contributed by atoms with Crippen LogP contribution in [0.4, 0.5) is 0 Å². The van der Waals surface area contributed by atoms with E-state index in [0.29, 0.717) is 10.8 Å². The Labute approximate surface area is 160 Å². The van der Waals surface area contributed by atoms with Crippen LogP contribution in [0.1, 0.15) is 0 Å². The standard InChI is InChI=1S/C16H13N3O6S3/c17-26(20,21)12-6-2-8-1-3-10-13(27(18,22)23)7-14(28(19,24)25)11-5-4-9(12)15(8)16(10)11/h1-7H,(H2,17,20,21)(H2,18,22,23)(H2,19,24,25). The summed E-state index contributed by atoms with van der Waals surface area (Å²) >= 11 is 0. The normalized spacial score (nSPS) is 13.7. The van der Waals surface area contributed by atoms with Gasteiger partial charge < -0.3 is 0 Å². The number of rotatable bonds is 3. The molecule has 0 saturated carbocycles. The van der Waals surface area contributed by atoms with Crippen molar-refractivity contribution in [2.24, 2.45) is 15.4 Å². The third kappa shape index (κ3) is 2.73. The van der Waals surface area contributed by atoms with Crippen molar-refractivity contribution in [2.75, 3.05) is 0 Å². The van der Waals surface area contributed by atoms with E-state index in [2.05, 4.69) is 0 Å². The SMILES string of the molecule is NS(=O)(=O)c1ccc2ccc3c(S(N)(=O)=O)cc(S(N)(=O)=O)c4ccc1c2c34. The molecule has 4 aromatic carbocycles. The fourth-order valence-corrected chi connectivity index (χ4v) is 5.85. The van der Waals surface area contributed by atoms with Crippen molar-refractivity contribution in [2.45, 2.75) is 14.7 Å². The first-order valence-corrected chi connectivity index (χ1v) is 12.3. The lowest BCUT2D eigenvalue weighted by atomic mass is 9.94. The first-order valence-electron chi connectivity index (χ1n) is 7.63. The Balaban J connectivity index is 2.43. The lowest BCUT2D eigenvalue weighted by Gasteiger charge is -2.17. The molecule has 0 aliphatic rings. The van der Waals surface area contributed by atoms with E-state index in [0.717, 1.165) is 6.07 Å². The summed E-state index contributed by atoms with van der Waals surface area (Å²) in [4.78, 5) is -1.04. The van der Waals surface area contributed by atoms with Gasteiger partial charge in [-0.1, -0.05) is 30.3 Å². The van der Waals surface area contributed by atoms with E-state index >= 15 is 0 Å². The minimum Gasteiger partial charge on any atom is -0.225 e. The van der Waals surface area contributed by atoms with Gasteiger partial charge in [-0.2, -0.15) is 0 Å². The molecule has 0 aliphatic heterocycles. The van der Waals surface area contributed by atoms with Crippen LogP contribution in [0, 0.1) is 0 Å². The molecule has 28 heavy (non-hydrogen) atoms. The average molecular weight is 439 g/mol. The zero-order valence-corrected chi connectivity index (χ0v) is 16.4. The minimum atomic E-state index is -4.31. The molecule has 0 heterocycles. The van der Waals surface area contributed by atoms with E-state index in [4.69, 9.17) is 15.4 Å². The molecule has 0 aromatic heterocycles. The average Bonchev–Trinajstić information content (AvgIpc) is 2.55. The summed E-state index contributed by atoms with van der Waals surface area (Å²) in [6.07, 6.45) is 0. The van der Waals surface area contributed by atoms with Crippen LogP contribution < -0.4 is 15.4 Å². The van der Waals surface area contributed by atoms with Crippen molar-refractivity contribution < 1.29 is 25.3 Å². The molecule has 0 atom stereocenters. The molecule has 0 fully saturated rings. The molecule has 6 N–H and O–H groups in total. The third-order valence-electron chi connectivity index (χ3n) is 4.59. The molecular formula is C16H13N3O6S3. The summed E-state index contributed by atoms with van der Waals surface area (Å²) < 4.78 is 72.4. The van der Waals surface area contributed by atoms with Gasteiger partial charge in [0.1, 0.15) is 0 Å². The number of sulfonamides is 3. The maximum Gasteiger partial charge on any atom is 0.238 e. The molecule has 0 radical (unpaired) electrons. The summed E-state index contributed by atoms with van der Waals surface area (Å²) in [5.74, 6) is 0. The van der Waals surface area contributed by atoms with Crippen LogP contribution in [-0.4, -0.2) is 25.3 Å². The molecule has 9 nitrogen and oxygen atoms in total. The lowest BCUT2D eigenvalue weighted by molar-refractivity contribution is 0.595. The second-order valence-corrected chi connectivity index (χ2v) is 10.9. The van der Waals surface area contributed by atoms with E-state index in [9.17, 15) is 25.3 Å². The zero-order chi connectivity index (χ0) is 20.6. The molecule has 0 spiro atoms. The van der Waals surface area contributed by atoms with Crippen LogP contribution in [-0.2, 0) is 30.1 Å². The van der Waals surface area contributed by atoms with Crippen molar-refractivity contribution in [3.8, 4) is 0 Å². The summed E-state index contributed by atoms with van der Waals surface area (Å²) in [6.45, 7) is 0. The van der Waals surface area contributed by atoms with Gasteiger partial charge in [-0.05, 0) is 22.9 Å². The summed E-state index contributed by atoms with van der Waals surface area (Å²) in [7, 11) is -12.7. The number of nitrogens with two attached hydrogens (primary N) is 3. The van der Waals surface area contributed by atoms with Gasteiger partial charge in [-0.3, -0.25) is 0 Å². The van der Waals surface area contributed by atoms with Crippen LogP contribution in [0.2, 0.25) is 0 Å². The van der Waals surface area contributed by atoms with Crippen molar-refractivity contribution in [1.82, 2.24) is 0 Å². The predicted molar refractivity (Wildman–Crippen MR) is 104 cm³/mol. The van der Waals surface area contributed by atoms with Gasteiger partial charge in [0.15, 0.2) is 0 Å². The third-order valence-corrected chi connectivity index (χ3v) is 7.46. The highest BCUT2D eigenvalue weighted by Crippen LogP contribution is 2.41. The number of hydrogen-bond acceptors (Lipinski definition) is 6. The van der Waals surface area contributed by atoms with Crippen molar-refractivity contribution >= 4 is 62.4 Å². The molecule has 146 valence electrons. The molecule has 0 amide bonds. The van der Waals surface area contributed by atoms with Crippen molar-refractivity contribution in [1.29, 1.82) is 0 Å². The van der Waals surface area contributed by atoms with E-state index in [1.807, 2.05) is 0 Å². The topological polar surface area (TPSA) is 180 Å². The number of primary sulfonamides is 3. The monoisotopic (exact) mass is 439 g/mol. The van der Waals surface area contributed by atoms with Gasteiger partial charge in [0.2, 0.25) is 30.1 Å². The van der Waals surface area contributed by atoms with Crippen LogP contribution >= 0.6 is 0 Å². The molecule has 0 bridgehead atoms. The second-order valence-electron chi connectivity index (χ2n) is 6.32. The number of benzene rings is 4. The van der Waals surface area contributed by atoms with Gasteiger partial charge >= 0.3 is 0 Å². The summed E-state index contributed by atoms with van der Waals surface area (Å²) in [5.41, 5.74) is 0. The Morgan fingerprint density at radius 3 is 1.36 bits per heavy atom. The first-order chi connectivity index (χ1) is 12.8. The smallest absolute Gasteiger partial charge is 0.225 e. The fraction of sp³-hybridized carbons (Fsp3) is 0. The first kappa shape index (κ1) is 19.0. The molecule has 0 unspecified atom stereocenters. The predicted octanol–water partition coefficient (Wildman–Crippen LogP) is 0.526. The van der Waals surface area contributed by atoms with Gasteiger partial charge in [0, 0.05) is 21.5 Å². The van der Waals surface area contributed by atoms with Crippen molar-refractivity contribution in [3.63, 3.8) is 0 Å². The molecule has 0 aliphatic carbocycles.